The Kier molecular flexibility index (Phi) is 3.87. The van der Waals surface area contributed by atoms with Crippen LogP contribution in [0.15, 0.2) is 48.5 Å². The van der Waals surface area contributed by atoms with Crippen LogP contribution >= 0.6 is 0 Å². The Morgan fingerprint density at radius 3 is 2.77 bits per heavy atom. The summed E-state index contributed by atoms with van der Waals surface area (Å²) in [6.45, 7) is 3.05. The van der Waals surface area contributed by atoms with Crippen LogP contribution in [0, 0.1) is 0 Å². The fourth-order valence-electron chi connectivity index (χ4n) is 2.63. The van der Waals surface area contributed by atoms with Crippen LogP contribution in [0.3, 0.4) is 0 Å². The highest BCUT2D eigenvalue weighted by atomic mass is 16.5. The molecule has 0 saturated carbocycles. The maximum Gasteiger partial charge on any atom is 0.246 e. The third-order valence-corrected chi connectivity index (χ3v) is 3.80. The average molecular weight is 297 g/mol. The van der Waals surface area contributed by atoms with Crippen molar-refractivity contribution in [3.8, 4) is 5.75 Å². The second-order valence-electron chi connectivity index (χ2n) is 5.27. The first-order valence-corrected chi connectivity index (χ1v) is 7.30. The molecule has 1 heterocycles. The first-order chi connectivity index (χ1) is 10.7. The van der Waals surface area contributed by atoms with Crippen molar-refractivity contribution in [3.05, 3.63) is 48.5 Å². The van der Waals surface area contributed by atoms with Crippen molar-refractivity contribution in [2.75, 3.05) is 29.1 Å². The van der Waals surface area contributed by atoms with Crippen molar-refractivity contribution in [2.45, 2.75) is 13.0 Å². The van der Waals surface area contributed by atoms with E-state index in [1.165, 1.54) is 0 Å². The van der Waals surface area contributed by atoms with Crippen molar-refractivity contribution in [3.63, 3.8) is 0 Å². The lowest BCUT2D eigenvalue weighted by Gasteiger charge is -2.36. The quantitative estimate of drug-likeness (QED) is 0.854. The van der Waals surface area contributed by atoms with Crippen molar-refractivity contribution in [2.24, 2.45) is 0 Å². The maximum atomic E-state index is 12.5. The van der Waals surface area contributed by atoms with E-state index in [4.69, 9.17) is 10.5 Å². The fourth-order valence-corrected chi connectivity index (χ4v) is 2.63. The largest absolute Gasteiger partial charge is 0.489 e. The Balaban J connectivity index is 1.81. The molecule has 0 aliphatic carbocycles. The first kappa shape index (κ1) is 14.3. The highest BCUT2D eigenvalue weighted by Gasteiger charge is 2.28. The minimum atomic E-state index is -0.340. The predicted molar refractivity (Wildman–Crippen MR) is 88.2 cm³/mol. The Hall–Kier alpha value is -2.69. The highest BCUT2D eigenvalue weighted by molar-refractivity contribution is 5.97. The number of nitrogen functional groups attached to an aromatic ring is 1. The number of hydrogen-bond acceptors (Lipinski definition) is 4. The molecule has 2 aromatic rings. The molecule has 114 valence electrons. The van der Waals surface area contributed by atoms with E-state index in [1.807, 2.05) is 60.4 Å². The lowest BCUT2D eigenvalue weighted by Crippen LogP contribution is -2.46. The highest BCUT2D eigenvalue weighted by Crippen LogP contribution is 2.37. The van der Waals surface area contributed by atoms with Crippen LogP contribution in [0.5, 0.6) is 5.75 Å². The number of benzene rings is 2. The molecule has 5 nitrogen and oxygen atoms in total. The monoisotopic (exact) mass is 297 g/mol. The molecule has 0 fully saturated rings. The number of nitrogens with one attached hydrogen (secondary N) is 1. The summed E-state index contributed by atoms with van der Waals surface area (Å²) in [5, 5.41) is 2.93. The van der Waals surface area contributed by atoms with Gasteiger partial charge in [-0.15, -0.1) is 0 Å². The molecule has 0 spiro atoms. The molecule has 3 N–H and O–H groups in total. The Bertz CT molecular complexity index is 673. The summed E-state index contributed by atoms with van der Waals surface area (Å²) in [5.74, 6) is 0.660. The molecule has 1 amide bonds. The smallest absolute Gasteiger partial charge is 0.246 e. The Labute approximate surface area is 129 Å². The summed E-state index contributed by atoms with van der Waals surface area (Å²) in [7, 11) is 0. The van der Waals surface area contributed by atoms with Gasteiger partial charge < -0.3 is 20.7 Å². The standard InChI is InChI=1S/C17H19N3O2/c1-12(17(21)19-13-6-3-2-4-7-13)20-10-11-22-15-9-5-8-14(18)16(15)20/h2-9,12H,10-11,18H2,1H3,(H,19,21). The number of anilines is 3. The van der Waals surface area contributed by atoms with Crippen molar-refractivity contribution >= 4 is 23.0 Å². The van der Waals surface area contributed by atoms with Gasteiger partial charge in [0.2, 0.25) is 5.91 Å². The van der Waals surface area contributed by atoms with Gasteiger partial charge >= 0.3 is 0 Å². The molecule has 1 unspecified atom stereocenters. The molecule has 22 heavy (non-hydrogen) atoms. The number of fused-ring (bicyclic) bond motifs is 1. The number of carbonyl (C=O) groups is 1. The molecular weight excluding hydrogens is 278 g/mol. The van der Waals surface area contributed by atoms with E-state index in [0.717, 1.165) is 17.1 Å². The van der Waals surface area contributed by atoms with E-state index < -0.39 is 0 Å². The summed E-state index contributed by atoms with van der Waals surface area (Å²) in [6.07, 6.45) is 0. The minimum absolute atomic E-state index is 0.0673. The number of para-hydroxylation sites is 2. The maximum absolute atomic E-state index is 12.5. The summed E-state index contributed by atoms with van der Waals surface area (Å²) in [6, 6.07) is 14.6. The summed E-state index contributed by atoms with van der Waals surface area (Å²) in [4.78, 5) is 14.5. The third kappa shape index (κ3) is 2.70. The second kappa shape index (κ2) is 5.97. The predicted octanol–water partition coefficient (Wildman–Crippen LogP) is 2.49. The number of rotatable bonds is 3. The van der Waals surface area contributed by atoms with Gasteiger partial charge in [-0.3, -0.25) is 4.79 Å². The van der Waals surface area contributed by atoms with Gasteiger partial charge in [-0.05, 0) is 31.2 Å². The van der Waals surface area contributed by atoms with E-state index in [1.54, 1.807) is 0 Å². The summed E-state index contributed by atoms with van der Waals surface area (Å²) >= 11 is 0. The van der Waals surface area contributed by atoms with E-state index >= 15 is 0 Å². The van der Waals surface area contributed by atoms with Crippen LogP contribution < -0.4 is 20.7 Å². The minimum Gasteiger partial charge on any atom is -0.489 e. The van der Waals surface area contributed by atoms with E-state index in [9.17, 15) is 4.79 Å². The van der Waals surface area contributed by atoms with Crippen LogP contribution in [0.1, 0.15) is 6.92 Å². The van der Waals surface area contributed by atoms with Gasteiger partial charge in [-0.25, -0.2) is 0 Å². The van der Waals surface area contributed by atoms with Gasteiger partial charge in [-0.2, -0.15) is 0 Å². The van der Waals surface area contributed by atoms with Crippen molar-refractivity contribution in [1.29, 1.82) is 0 Å². The molecule has 0 bridgehead atoms. The van der Waals surface area contributed by atoms with Crippen LogP contribution in [0.2, 0.25) is 0 Å². The van der Waals surface area contributed by atoms with E-state index in [2.05, 4.69) is 5.32 Å². The van der Waals surface area contributed by atoms with Crippen molar-refractivity contribution < 1.29 is 9.53 Å². The first-order valence-electron chi connectivity index (χ1n) is 7.30. The van der Waals surface area contributed by atoms with Gasteiger partial charge in [0.15, 0.2) is 0 Å². The molecule has 0 saturated heterocycles. The Morgan fingerprint density at radius 1 is 1.23 bits per heavy atom. The number of nitrogens with zero attached hydrogens (tertiary/aromatic N) is 1. The zero-order valence-corrected chi connectivity index (χ0v) is 12.5. The number of carbonyl (C=O) groups excluding carboxylic acids is 1. The molecule has 3 rings (SSSR count). The SMILES string of the molecule is CC(C(=O)Nc1ccccc1)N1CCOc2cccc(N)c21. The second-order valence-corrected chi connectivity index (χ2v) is 5.27. The molecule has 1 atom stereocenters. The lowest BCUT2D eigenvalue weighted by atomic mass is 10.1. The van der Waals surface area contributed by atoms with Crippen molar-refractivity contribution in [1.82, 2.24) is 0 Å². The molecule has 0 aromatic heterocycles. The molecule has 1 aliphatic rings. The summed E-state index contributed by atoms with van der Waals surface area (Å²) in [5.41, 5.74) is 8.27. The molecule has 2 aromatic carbocycles. The molecule has 0 radical (unpaired) electrons. The van der Waals surface area contributed by atoms with Crippen LogP contribution in [-0.2, 0) is 4.79 Å². The number of amides is 1. The zero-order valence-electron chi connectivity index (χ0n) is 12.5. The fraction of sp³-hybridized carbons (Fsp3) is 0.235. The average Bonchev–Trinajstić information content (AvgIpc) is 2.55. The Morgan fingerprint density at radius 2 is 2.00 bits per heavy atom. The van der Waals surface area contributed by atoms with Gasteiger partial charge in [0.1, 0.15) is 24.1 Å². The zero-order chi connectivity index (χ0) is 15.5. The van der Waals surface area contributed by atoms with E-state index in [0.29, 0.717) is 18.8 Å². The number of ether oxygens (including phenoxy) is 1. The molecule has 1 aliphatic heterocycles. The van der Waals surface area contributed by atoms with Gasteiger partial charge in [0, 0.05) is 5.69 Å². The van der Waals surface area contributed by atoms with Gasteiger partial charge in [-0.1, -0.05) is 24.3 Å². The van der Waals surface area contributed by atoms with Crippen LogP contribution in [-0.4, -0.2) is 25.1 Å². The topological polar surface area (TPSA) is 67.6 Å². The molecular formula is C17H19N3O2. The van der Waals surface area contributed by atoms with Crippen LogP contribution in [0.4, 0.5) is 17.1 Å². The van der Waals surface area contributed by atoms with Gasteiger partial charge in [0.25, 0.3) is 0 Å². The third-order valence-electron chi connectivity index (χ3n) is 3.80. The number of nitrogens with two attached hydrogens (primary N) is 1. The van der Waals surface area contributed by atoms with Crippen LogP contribution in [0.25, 0.3) is 0 Å². The van der Waals surface area contributed by atoms with E-state index in [-0.39, 0.29) is 11.9 Å². The van der Waals surface area contributed by atoms with Gasteiger partial charge in [0.05, 0.1) is 12.2 Å². The molecule has 5 heteroatoms. The number of hydrogen-bond donors (Lipinski definition) is 2. The normalized spacial score (nSPS) is 14.7. The summed E-state index contributed by atoms with van der Waals surface area (Å²) < 4.78 is 5.63. The lowest BCUT2D eigenvalue weighted by molar-refractivity contribution is -0.117.